The van der Waals surface area contributed by atoms with Crippen molar-refractivity contribution in [3.63, 3.8) is 0 Å². The van der Waals surface area contributed by atoms with E-state index in [0.29, 0.717) is 55.3 Å². The Morgan fingerprint density at radius 3 is 1.71 bits per heavy atom. The smallest absolute Gasteiger partial charge is 0.339 e. The zero-order valence-electron chi connectivity index (χ0n) is 41.0. The van der Waals surface area contributed by atoms with Crippen molar-refractivity contribution in [2.75, 3.05) is 0 Å². The third-order valence-corrected chi connectivity index (χ3v) is 16.9. The lowest BCUT2D eigenvalue weighted by atomic mass is 9.43. The summed E-state index contributed by atoms with van der Waals surface area (Å²) >= 11 is 0. The molecule has 16 heteroatoms. The van der Waals surface area contributed by atoms with Crippen LogP contribution in [0.2, 0.25) is 0 Å². The number of aryl methyl sites for hydroxylation is 2. The second kappa shape index (κ2) is 21.8. The summed E-state index contributed by atoms with van der Waals surface area (Å²) in [6.45, 7) is 6.99. The number of azo groups is 2. The number of carbonyl (C=O) groups is 5. The highest BCUT2D eigenvalue weighted by atomic mass is 16.5. The molecule has 4 aromatic rings. The minimum absolute atomic E-state index is 0.0260. The Kier molecular flexibility index (Phi) is 15.6. The molecule has 0 saturated heterocycles. The van der Waals surface area contributed by atoms with Gasteiger partial charge in [0.2, 0.25) is 0 Å². The molecule has 0 amide bonds. The number of aliphatic carboxylic acids is 1. The number of aromatic carboxylic acids is 2. The van der Waals surface area contributed by atoms with Crippen LogP contribution in [0, 0.1) is 46.3 Å². The van der Waals surface area contributed by atoms with Crippen LogP contribution >= 0.6 is 0 Å². The van der Waals surface area contributed by atoms with Gasteiger partial charge in [-0.1, -0.05) is 57.2 Å². The Labute approximate surface area is 418 Å². The Morgan fingerprint density at radius 1 is 0.625 bits per heavy atom. The van der Waals surface area contributed by atoms with Crippen molar-refractivity contribution in [1.82, 2.24) is 0 Å². The monoisotopic (exact) mass is 984 g/mol. The minimum atomic E-state index is -1.29. The van der Waals surface area contributed by atoms with Gasteiger partial charge < -0.3 is 35.0 Å². The summed E-state index contributed by atoms with van der Waals surface area (Å²) < 4.78 is 12.9. The van der Waals surface area contributed by atoms with Crippen molar-refractivity contribution < 1.29 is 59.0 Å². The van der Waals surface area contributed by atoms with Crippen molar-refractivity contribution in [3.8, 4) is 11.5 Å². The van der Waals surface area contributed by atoms with Crippen LogP contribution in [0.15, 0.2) is 105 Å². The topological polar surface area (TPSA) is 254 Å². The van der Waals surface area contributed by atoms with Crippen LogP contribution in [-0.4, -0.2) is 67.6 Å². The molecule has 72 heavy (non-hydrogen) atoms. The van der Waals surface area contributed by atoms with Gasteiger partial charge in [0, 0.05) is 25.2 Å². The number of ether oxygens (including phenoxy) is 2. The highest BCUT2D eigenvalue weighted by molar-refractivity contribution is 5.92. The summed E-state index contributed by atoms with van der Waals surface area (Å²) in [6.07, 6.45) is 7.87. The summed E-state index contributed by atoms with van der Waals surface area (Å²) in [7, 11) is 0. The Hall–Kier alpha value is -6.97. The average molecular weight is 985 g/mol. The maximum absolute atomic E-state index is 14.2. The first-order valence-electron chi connectivity index (χ1n) is 25.2. The first kappa shape index (κ1) is 51.4. The Balaban J connectivity index is 0.959. The zero-order chi connectivity index (χ0) is 51.3. The number of carboxylic acid groups (broad SMARTS) is 3. The van der Waals surface area contributed by atoms with Gasteiger partial charge in [-0.05, 0) is 171 Å². The summed E-state index contributed by atoms with van der Waals surface area (Å²) in [6, 6.07) is 22.5. The van der Waals surface area contributed by atoms with Gasteiger partial charge in [0.1, 0.15) is 34.8 Å². The molecule has 0 heterocycles. The van der Waals surface area contributed by atoms with E-state index in [9.17, 15) is 49.5 Å². The lowest BCUT2D eigenvalue weighted by Crippen LogP contribution is -2.59. The number of carbonyl (C=O) groups excluding carboxylic acids is 2. The number of aromatic hydroxyl groups is 2. The quantitative estimate of drug-likeness (QED) is 0.0461. The highest BCUT2D eigenvalue weighted by Gasteiger charge is 2.64. The molecule has 380 valence electrons. The summed E-state index contributed by atoms with van der Waals surface area (Å²) in [4.78, 5) is 62.5. The SMILES string of the molecule is CC(CCC(=O)O)C1CCC2C3C(OC(=O)CCc4ccccc4/N=N/c4ccc(O)c(C(=O)O)c4)CC4C[C@H](OC(=O)CCc5ccccc5/N=N/c5ccc(O)c(C(=O)O)c5)CCC4(C)C3CCC12C. The fourth-order valence-corrected chi connectivity index (χ4v) is 13.2. The molecule has 0 radical (unpaired) electrons. The van der Waals surface area contributed by atoms with Crippen molar-refractivity contribution >= 4 is 52.6 Å². The Morgan fingerprint density at radius 2 is 1.15 bits per heavy atom. The first-order valence-corrected chi connectivity index (χ1v) is 25.2. The zero-order valence-corrected chi connectivity index (χ0v) is 41.0. The van der Waals surface area contributed by atoms with Gasteiger partial charge in [0.25, 0.3) is 0 Å². The van der Waals surface area contributed by atoms with E-state index in [1.807, 2.05) is 24.3 Å². The largest absolute Gasteiger partial charge is 0.507 e. The van der Waals surface area contributed by atoms with Crippen LogP contribution in [-0.2, 0) is 36.7 Å². The van der Waals surface area contributed by atoms with E-state index in [0.717, 1.165) is 49.7 Å². The second-order valence-electron chi connectivity index (χ2n) is 21.0. The predicted octanol–water partition coefficient (Wildman–Crippen LogP) is 12.5. The van der Waals surface area contributed by atoms with Gasteiger partial charge in [-0.3, -0.25) is 14.4 Å². The van der Waals surface area contributed by atoms with Crippen molar-refractivity contribution in [3.05, 3.63) is 107 Å². The number of benzene rings is 4. The number of carboxylic acids is 3. The highest BCUT2D eigenvalue weighted by Crippen LogP contribution is 2.69. The van der Waals surface area contributed by atoms with Crippen LogP contribution in [0.4, 0.5) is 22.7 Å². The molecule has 4 saturated carbocycles. The van der Waals surface area contributed by atoms with E-state index in [1.54, 1.807) is 24.3 Å². The molecule has 0 aliphatic heterocycles. The normalized spacial score (nSPS) is 27.1. The molecule has 10 atom stereocenters. The summed E-state index contributed by atoms with van der Waals surface area (Å²) in [5, 5.41) is 65.4. The van der Waals surface area contributed by atoms with Crippen molar-refractivity contribution in [1.29, 1.82) is 0 Å². The van der Waals surface area contributed by atoms with E-state index in [1.165, 1.54) is 36.4 Å². The molecule has 4 aromatic carbocycles. The molecule has 9 unspecified atom stereocenters. The van der Waals surface area contributed by atoms with Crippen LogP contribution in [0.1, 0.15) is 130 Å². The molecule has 0 spiro atoms. The third kappa shape index (κ3) is 11.2. The molecule has 4 fully saturated rings. The molecule has 4 aliphatic rings. The van der Waals surface area contributed by atoms with Gasteiger partial charge in [-0.25, -0.2) is 9.59 Å². The third-order valence-electron chi connectivity index (χ3n) is 16.9. The van der Waals surface area contributed by atoms with E-state index in [4.69, 9.17) is 9.47 Å². The van der Waals surface area contributed by atoms with Gasteiger partial charge in [0.15, 0.2) is 0 Å². The maximum atomic E-state index is 14.2. The van der Waals surface area contributed by atoms with Crippen molar-refractivity contribution in [2.24, 2.45) is 66.8 Å². The van der Waals surface area contributed by atoms with Gasteiger partial charge in [0.05, 0.1) is 22.7 Å². The van der Waals surface area contributed by atoms with Crippen molar-refractivity contribution in [2.45, 2.75) is 123 Å². The lowest BCUT2D eigenvalue weighted by Gasteiger charge is -2.62. The molecular formula is C56H64N4O12. The number of phenols is 2. The van der Waals surface area contributed by atoms with E-state index < -0.39 is 17.9 Å². The van der Waals surface area contributed by atoms with Gasteiger partial charge in [-0.2, -0.15) is 20.5 Å². The molecule has 0 aromatic heterocycles. The molecule has 16 nitrogen and oxygen atoms in total. The molecular weight excluding hydrogens is 921 g/mol. The minimum Gasteiger partial charge on any atom is -0.507 e. The second-order valence-corrected chi connectivity index (χ2v) is 21.0. The lowest BCUT2D eigenvalue weighted by molar-refractivity contribution is -0.198. The fourth-order valence-electron chi connectivity index (χ4n) is 13.2. The van der Waals surface area contributed by atoms with Crippen LogP contribution in [0.25, 0.3) is 0 Å². The standard InChI is InChI=1S/C56H64N4O12/c1-32(12-21-49(63)64)41-17-18-42-52-43(25-27-56(41,42)3)55(2)26-24-38(71-50(65)22-13-33-8-4-6-10-44(33)59-57-36-15-19-46(61)39(30-36)53(67)68)28-35(55)29-48(52)72-51(66)23-14-34-9-5-7-11-45(34)60-58-37-16-20-47(62)40(31-37)54(69)70/h4-11,15-16,19-20,30-32,35,38,41-43,48,52,61-62H,12-14,17-18,21-29H2,1-3H3,(H,63,64)(H,67,68)(H,69,70)/b59-57+,60-58+/t32?,35?,38-,41?,42?,43?,48?,52?,55?,56?/m1/s1. The first-order chi connectivity index (χ1) is 34.4. The molecule has 0 bridgehead atoms. The van der Waals surface area contributed by atoms with E-state index in [2.05, 4.69) is 41.2 Å². The number of esters is 2. The number of hydrogen-bond acceptors (Lipinski definition) is 13. The summed E-state index contributed by atoms with van der Waals surface area (Å²) in [5.74, 6) is -3.31. The van der Waals surface area contributed by atoms with E-state index in [-0.39, 0.29) is 112 Å². The molecule has 4 aliphatic carbocycles. The van der Waals surface area contributed by atoms with Crippen LogP contribution in [0.3, 0.4) is 0 Å². The number of hydrogen-bond donors (Lipinski definition) is 5. The van der Waals surface area contributed by atoms with Crippen LogP contribution < -0.4 is 0 Å². The molecule has 8 rings (SSSR count). The average Bonchev–Trinajstić information content (AvgIpc) is 3.71. The molecule has 5 N–H and O–H groups in total. The fraction of sp³-hybridized carbons (Fsp3) is 0.482. The van der Waals surface area contributed by atoms with E-state index >= 15 is 0 Å². The number of nitrogens with zero attached hydrogens (tertiary/aromatic N) is 4. The summed E-state index contributed by atoms with van der Waals surface area (Å²) in [5.41, 5.74) is 2.39. The predicted molar refractivity (Wildman–Crippen MR) is 264 cm³/mol. The Bertz CT molecular complexity index is 2760. The van der Waals surface area contributed by atoms with Gasteiger partial charge in [-0.15, -0.1) is 0 Å². The number of fused-ring (bicyclic) bond motifs is 5. The van der Waals surface area contributed by atoms with Crippen LogP contribution in [0.5, 0.6) is 11.5 Å². The number of rotatable bonds is 18. The maximum Gasteiger partial charge on any atom is 0.339 e. The van der Waals surface area contributed by atoms with Gasteiger partial charge >= 0.3 is 29.8 Å².